The summed E-state index contributed by atoms with van der Waals surface area (Å²) in [6, 6.07) is 11.9. The van der Waals surface area contributed by atoms with Gasteiger partial charge in [0.15, 0.2) is 0 Å². The summed E-state index contributed by atoms with van der Waals surface area (Å²) in [5.74, 6) is 0. The second-order valence-electron chi connectivity index (χ2n) is 6.93. The van der Waals surface area contributed by atoms with Crippen LogP contribution in [0.4, 0.5) is 0 Å². The van der Waals surface area contributed by atoms with Gasteiger partial charge in [-0.25, -0.2) is 0 Å². The molecule has 0 amide bonds. The molecular weight excluding hydrogens is 260 g/mol. The van der Waals surface area contributed by atoms with Crippen LogP contribution in [0, 0.1) is 5.41 Å². The molecular formula is C18H28N2O. The van der Waals surface area contributed by atoms with Crippen molar-refractivity contribution >= 4 is 0 Å². The Morgan fingerprint density at radius 1 is 1.29 bits per heavy atom. The Labute approximate surface area is 128 Å². The lowest BCUT2D eigenvalue weighted by Crippen LogP contribution is -2.65. The molecule has 1 aliphatic carbocycles. The molecule has 1 heterocycles. The van der Waals surface area contributed by atoms with Crippen LogP contribution in [-0.2, 0) is 4.74 Å². The van der Waals surface area contributed by atoms with Gasteiger partial charge in [0, 0.05) is 43.7 Å². The van der Waals surface area contributed by atoms with Crippen molar-refractivity contribution in [3.63, 3.8) is 0 Å². The van der Waals surface area contributed by atoms with E-state index in [1.165, 1.54) is 12.0 Å². The third-order valence-corrected chi connectivity index (χ3v) is 5.34. The van der Waals surface area contributed by atoms with Gasteiger partial charge >= 0.3 is 0 Å². The lowest BCUT2D eigenvalue weighted by Gasteiger charge is -2.57. The lowest BCUT2D eigenvalue weighted by atomic mass is 9.63. The molecule has 21 heavy (non-hydrogen) atoms. The van der Waals surface area contributed by atoms with Gasteiger partial charge in [-0.1, -0.05) is 44.2 Å². The minimum absolute atomic E-state index is 0.272. The zero-order valence-electron chi connectivity index (χ0n) is 13.5. The Bertz CT molecular complexity index is 460. The number of benzene rings is 1. The highest BCUT2D eigenvalue weighted by atomic mass is 16.5. The maximum absolute atomic E-state index is 5.88. The van der Waals surface area contributed by atoms with E-state index in [1.807, 2.05) is 0 Å². The van der Waals surface area contributed by atoms with E-state index < -0.39 is 0 Å². The number of hydrogen-bond acceptors (Lipinski definition) is 3. The number of nitrogens with one attached hydrogen (secondary N) is 1. The maximum atomic E-state index is 5.88. The minimum Gasteiger partial charge on any atom is -0.378 e. The van der Waals surface area contributed by atoms with Crippen LogP contribution >= 0.6 is 0 Å². The van der Waals surface area contributed by atoms with Gasteiger partial charge in [-0.3, -0.25) is 4.90 Å². The van der Waals surface area contributed by atoms with Gasteiger partial charge in [-0.05, 0) is 18.9 Å². The topological polar surface area (TPSA) is 24.5 Å². The molecule has 2 aliphatic rings. The Hall–Kier alpha value is -0.900. The highest BCUT2D eigenvalue weighted by molar-refractivity contribution is 5.20. The summed E-state index contributed by atoms with van der Waals surface area (Å²) in [7, 11) is 0. The third-order valence-electron chi connectivity index (χ3n) is 5.34. The van der Waals surface area contributed by atoms with Crippen LogP contribution in [0.5, 0.6) is 0 Å². The average molecular weight is 288 g/mol. The summed E-state index contributed by atoms with van der Waals surface area (Å²) >= 11 is 0. The molecule has 3 rings (SSSR count). The molecule has 1 aliphatic heterocycles. The van der Waals surface area contributed by atoms with Crippen molar-refractivity contribution in [3.05, 3.63) is 35.9 Å². The van der Waals surface area contributed by atoms with Gasteiger partial charge in [0.25, 0.3) is 0 Å². The molecule has 3 unspecified atom stereocenters. The Morgan fingerprint density at radius 2 is 2.05 bits per heavy atom. The van der Waals surface area contributed by atoms with Gasteiger partial charge < -0.3 is 10.1 Å². The summed E-state index contributed by atoms with van der Waals surface area (Å²) in [4.78, 5) is 2.67. The van der Waals surface area contributed by atoms with Gasteiger partial charge in [0.1, 0.15) is 0 Å². The Morgan fingerprint density at radius 3 is 2.71 bits per heavy atom. The molecule has 0 aromatic heterocycles. The molecule has 3 nitrogen and oxygen atoms in total. The summed E-state index contributed by atoms with van der Waals surface area (Å²) in [6.45, 7) is 11.0. The van der Waals surface area contributed by atoms with Gasteiger partial charge in [-0.2, -0.15) is 0 Å². The minimum atomic E-state index is 0.272. The number of rotatable bonds is 4. The van der Waals surface area contributed by atoms with Crippen LogP contribution in [0.3, 0.4) is 0 Å². The first-order chi connectivity index (χ1) is 10.1. The zero-order valence-corrected chi connectivity index (χ0v) is 13.5. The van der Waals surface area contributed by atoms with E-state index in [0.29, 0.717) is 18.2 Å². The quantitative estimate of drug-likeness (QED) is 0.922. The van der Waals surface area contributed by atoms with E-state index in [1.54, 1.807) is 0 Å². The van der Waals surface area contributed by atoms with Gasteiger partial charge in [-0.15, -0.1) is 0 Å². The molecule has 1 aromatic carbocycles. The normalized spacial score (nSPS) is 32.6. The lowest BCUT2D eigenvalue weighted by molar-refractivity contribution is -0.153. The maximum Gasteiger partial charge on any atom is 0.0655 e. The Kier molecular flexibility index (Phi) is 4.34. The van der Waals surface area contributed by atoms with Crippen molar-refractivity contribution in [3.8, 4) is 0 Å². The second-order valence-corrected chi connectivity index (χ2v) is 6.93. The van der Waals surface area contributed by atoms with Crippen LogP contribution in [0.1, 0.15) is 38.8 Å². The fourth-order valence-corrected chi connectivity index (χ4v) is 3.93. The Balaban J connectivity index is 1.65. The molecule has 0 radical (unpaired) electrons. The van der Waals surface area contributed by atoms with Gasteiger partial charge in [0.05, 0.1) is 6.10 Å². The SMILES string of the molecule is CCOC1CC(N2CCNC(c3ccccc3)C2)C1(C)C. The first kappa shape index (κ1) is 15.0. The van der Waals surface area contributed by atoms with Crippen molar-refractivity contribution in [1.82, 2.24) is 10.2 Å². The highest BCUT2D eigenvalue weighted by Gasteiger charge is 2.51. The second kappa shape index (κ2) is 6.07. The predicted octanol–water partition coefficient (Wildman–Crippen LogP) is 2.84. The smallest absolute Gasteiger partial charge is 0.0655 e. The van der Waals surface area contributed by atoms with Crippen LogP contribution < -0.4 is 5.32 Å². The summed E-state index contributed by atoms with van der Waals surface area (Å²) in [5.41, 5.74) is 1.68. The van der Waals surface area contributed by atoms with Crippen LogP contribution in [0.25, 0.3) is 0 Å². The molecule has 1 N–H and O–H groups in total. The fourth-order valence-electron chi connectivity index (χ4n) is 3.93. The van der Waals surface area contributed by atoms with Gasteiger partial charge in [0.2, 0.25) is 0 Å². The summed E-state index contributed by atoms with van der Waals surface area (Å²) < 4.78 is 5.88. The first-order valence-electron chi connectivity index (χ1n) is 8.27. The van der Waals surface area contributed by atoms with E-state index in [4.69, 9.17) is 4.74 Å². The molecule has 0 spiro atoms. The third kappa shape index (κ3) is 2.87. The zero-order chi connectivity index (χ0) is 14.9. The number of nitrogens with zero attached hydrogens (tertiary/aromatic N) is 1. The number of ether oxygens (including phenoxy) is 1. The van der Waals surface area contributed by atoms with Crippen LogP contribution in [0.15, 0.2) is 30.3 Å². The van der Waals surface area contributed by atoms with E-state index in [2.05, 4.69) is 61.3 Å². The fraction of sp³-hybridized carbons (Fsp3) is 0.667. The molecule has 2 fully saturated rings. The average Bonchev–Trinajstić information content (AvgIpc) is 2.52. The monoisotopic (exact) mass is 288 g/mol. The summed E-state index contributed by atoms with van der Waals surface area (Å²) in [5, 5.41) is 3.66. The molecule has 1 saturated heterocycles. The van der Waals surface area contributed by atoms with Crippen molar-refractivity contribution in [1.29, 1.82) is 0 Å². The van der Waals surface area contributed by atoms with Crippen molar-refractivity contribution in [2.24, 2.45) is 5.41 Å². The van der Waals surface area contributed by atoms with Crippen LogP contribution in [0.2, 0.25) is 0 Å². The van der Waals surface area contributed by atoms with E-state index in [0.717, 1.165) is 26.2 Å². The predicted molar refractivity (Wildman–Crippen MR) is 86.4 cm³/mol. The number of piperazine rings is 1. The molecule has 1 aromatic rings. The van der Waals surface area contributed by atoms with Crippen molar-refractivity contribution < 1.29 is 4.74 Å². The molecule has 0 bridgehead atoms. The van der Waals surface area contributed by atoms with E-state index in [-0.39, 0.29) is 5.41 Å². The highest BCUT2D eigenvalue weighted by Crippen LogP contribution is 2.46. The molecule has 1 saturated carbocycles. The van der Waals surface area contributed by atoms with Crippen molar-refractivity contribution in [2.45, 2.75) is 45.4 Å². The van der Waals surface area contributed by atoms with Crippen molar-refractivity contribution in [2.75, 3.05) is 26.2 Å². The number of hydrogen-bond donors (Lipinski definition) is 1. The molecule has 3 heteroatoms. The molecule has 116 valence electrons. The first-order valence-corrected chi connectivity index (χ1v) is 8.27. The van der Waals surface area contributed by atoms with E-state index in [9.17, 15) is 0 Å². The van der Waals surface area contributed by atoms with E-state index >= 15 is 0 Å². The largest absolute Gasteiger partial charge is 0.378 e. The molecule has 3 atom stereocenters. The standard InChI is InChI=1S/C18H28N2O/c1-4-21-17-12-16(18(17,2)3)20-11-10-19-15(13-20)14-8-6-5-7-9-14/h5-9,15-17,19H,4,10-13H2,1-3H3. The van der Waals surface area contributed by atoms with Crippen LogP contribution in [-0.4, -0.2) is 43.3 Å². The summed E-state index contributed by atoms with van der Waals surface area (Å²) in [6.07, 6.45) is 1.61.